The molecule has 22 rings (SSSR count). The molecule has 1 aromatic carbocycles. The maximum Gasteiger partial charge on any atom is 0.308 e. The van der Waals surface area contributed by atoms with Gasteiger partial charge in [0.05, 0.1) is 7.11 Å². The van der Waals surface area contributed by atoms with E-state index in [-0.39, 0.29) is 5.97 Å². The van der Waals surface area contributed by atoms with Crippen molar-refractivity contribution < 1.29 is 14.3 Å². The van der Waals surface area contributed by atoms with E-state index in [1.165, 1.54) is 276 Å². The molecule has 20 bridgehead atoms. The van der Waals surface area contributed by atoms with Crippen LogP contribution in [-0.4, -0.2) is 13.1 Å². The minimum atomic E-state index is -0.325. The Morgan fingerprint density at radius 1 is 0.368 bits per heavy atom. The number of ether oxygens (including phenoxy) is 2. The molecular formula is C111H164O3. The quantitative estimate of drug-likeness (QED) is 0.0276. The van der Waals surface area contributed by atoms with E-state index in [2.05, 4.69) is 163 Å². The van der Waals surface area contributed by atoms with Crippen LogP contribution in [0.1, 0.15) is 324 Å². The van der Waals surface area contributed by atoms with Crippen LogP contribution >= 0.6 is 0 Å². The van der Waals surface area contributed by atoms with Crippen molar-refractivity contribution in [3.8, 4) is 11.5 Å². The molecule has 0 amide bonds. The van der Waals surface area contributed by atoms with Crippen LogP contribution in [0.3, 0.4) is 0 Å². The van der Waals surface area contributed by atoms with Gasteiger partial charge in [-0.05, 0) is 363 Å². The summed E-state index contributed by atoms with van der Waals surface area (Å²) in [4.78, 5) is 11.0. The Kier molecular flexibility index (Phi) is 30.6. The number of carbonyl (C=O) groups is 1. The van der Waals surface area contributed by atoms with Crippen molar-refractivity contribution in [2.24, 2.45) is 183 Å². The third-order valence-corrected chi connectivity index (χ3v) is 35.2. The summed E-state index contributed by atoms with van der Waals surface area (Å²) >= 11 is 0. The molecule has 0 saturated heterocycles. The van der Waals surface area contributed by atoms with Gasteiger partial charge in [0, 0.05) is 6.92 Å². The first-order valence-electron chi connectivity index (χ1n) is 50.2. The first-order chi connectivity index (χ1) is 56.0. The summed E-state index contributed by atoms with van der Waals surface area (Å²) in [5.74, 6) is 31.5. The Balaban J connectivity index is 0.000000103. The van der Waals surface area contributed by atoms with Crippen LogP contribution in [0.25, 0.3) is 0 Å². The average Bonchev–Trinajstić information content (AvgIpc) is 1.54. The molecule has 1 aromatic rings. The van der Waals surface area contributed by atoms with Gasteiger partial charge < -0.3 is 9.47 Å². The van der Waals surface area contributed by atoms with Gasteiger partial charge in [-0.2, -0.15) is 0 Å². The second-order valence-corrected chi connectivity index (χ2v) is 42.2. The lowest BCUT2D eigenvalue weighted by Gasteiger charge is -2.38. The van der Waals surface area contributed by atoms with Crippen molar-refractivity contribution >= 4 is 5.97 Å². The molecule has 3 nitrogen and oxygen atoms in total. The first-order valence-corrected chi connectivity index (χ1v) is 50.2. The Bertz CT molecular complexity index is 3550. The zero-order chi connectivity index (χ0) is 78.4. The molecule has 12 saturated carbocycles. The van der Waals surface area contributed by atoms with Gasteiger partial charge in [-0.15, -0.1) is 0 Å². The molecule has 0 aromatic heterocycles. The second kappa shape index (κ2) is 41.3. The fourth-order valence-corrected chi connectivity index (χ4v) is 29.8. The molecule has 31 atom stereocenters. The Labute approximate surface area is 698 Å². The number of carbonyl (C=O) groups excluding carboxylic acids is 1. The molecule has 31 unspecified atom stereocenters. The molecule has 3 heteroatoms. The van der Waals surface area contributed by atoms with E-state index in [4.69, 9.17) is 9.47 Å². The van der Waals surface area contributed by atoms with E-state index in [0.29, 0.717) is 11.5 Å². The lowest BCUT2D eigenvalue weighted by Crippen LogP contribution is -2.34. The van der Waals surface area contributed by atoms with Crippen LogP contribution in [0.4, 0.5) is 0 Å². The van der Waals surface area contributed by atoms with Gasteiger partial charge in [-0.25, -0.2) is 0 Å². The summed E-state index contributed by atoms with van der Waals surface area (Å²) < 4.78 is 10.5. The van der Waals surface area contributed by atoms with Gasteiger partial charge >= 0.3 is 5.97 Å². The number of methoxy groups -OCH3 is 1. The molecule has 0 spiro atoms. The number of esters is 1. The number of rotatable bonds is 28. The molecule has 0 heterocycles. The van der Waals surface area contributed by atoms with Crippen molar-refractivity contribution in [3.05, 3.63) is 156 Å². The van der Waals surface area contributed by atoms with Gasteiger partial charge in [-0.1, -0.05) is 295 Å². The van der Waals surface area contributed by atoms with Crippen LogP contribution in [0.5, 0.6) is 11.5 Å². The van der Waals surface area contributed by atoms with Gasteiger partial charge in [0.1, 0.15) is 0 Å². The molecule has 12 fully saturated rings. The Morgan fingerprint density at radius 3 is 1.22 bits per heavy atom. The SMILES string of the molecule is C/C=C1\CC2C=CC1C2.C/C=C1\CC2CC1C1C3C=CC(C3)C21.C1=CC2C(C1)C1CC2C2C3C=CC(C3)C12.CCCCC1CC2C=CC1C2.CCCCCCC1CC2C=CC1C2.CCCCCCCCC1CC2C=CC1C2.CCCCCCCCCCC1CC2C=CC1C2.COc1cc(CC2CC3C=CC2C3)ccc1OC(C)=O. The molecule has 21 aliphatic rings. The van der Waals surface area contributed by atoms with E-state index < -0.39 is 0 Å². The Hall–Kier alpha value is -4.37. The Morgan fingerprint density at radius 2 is 0.798 bits per heavy atom. The smallest absolute Gasteiger partial charge is 0.308 e. The fourth-order valence-electron chi connectivity index (χ4n) is 29.8. The number of fused-ring (bicyclic) bond motifs is 33. The molecule has 0 N–H and O–H groups in total. The largest absolute Gasteiger partial charge is 0.493 e. The highest BCUT2D eigenvalue weighted by Gasteiger charge is 2.64. The van der Waals surface area contributed by atoms with Crippen molar-refractivity contribution in [1.82, 2.24) is 0 Å². The summed E-state index contributed by atoms with van der Waals surface area (Å²) in [5.41, 5.74) is 4.73. The zero-order valence-electron chi connectivity index (χ0n) is 73.8. The molecule has 21 aliphatic carbocycles. The van der Waals surface area contributed by atoms with E-state index >= 15 is 0 Å². The zero-order valence-corrected chi connectivity index (χ0v) is 73.8. The third kappa shape index (κ3) is 20.4. The van der Waals surface area contributed by atoms with Crippen molar-refractivity contribution in [1.29, 1.82) is 0 Å². The van der Waals surface area contributed by atoms with Crippen molar-refractivity contribution in [2.75, 3.05) is 7.11 Å². The van der Waals surface area contributed by atoms with Crippen LogP contribution in [0.2, 0.25) is 0 Å². The topological polar surface area (TPSA) is 35.5 Å². The molecule has 0 radical (unpaired) electrons. The summed E-state index contributed by atoms with van der Waals surface area (Å²) in [7, 11) is 1.60. The number of benzene rings is 1. The van der Waals surface area contributed by atoms with Crippen LogP contribution < -0.4 is 9.47 Å². The summed E-state index contributed by atoms with van der Waals surface area (Å²) in [6.07, 6.45) is 112. The highest BCUT2D eigenvalue weighted by atomic mass is 16.6. The molecule has 0 aliphatic heterocycles. The van der Waals surface area contributed by atoms with E-state index in [9.17, 15) is 4.79 Å². The van der Waals surface area contributed by atoms with E-state index in [1.807, 2.05) is 18.2 Å². The molecule has 626 valence electrons. The van der Waals surface area contributed by atoms with E-state index in [0.717, 1.165) is 190 Å². The number of hydrogen-bond acceptors (Lipinski definition) is 3. The third-order valence-electron chi connectivity index (χ3n) is 35.2. The standard InChI is InChI=1S/C17H20O3.C17H30.C15H18.C15H26.C14H18.C13H22.C11H18.C9H12/c1-11(18)20-16-6-4-13(10-17(16)19-2)9-15-8-12-3-5-14(15)7-12;1-2-3-4-5-6-7-8-9-10-16-13-15-11-12-17(16)14-15;1-2-10-11(3-1)13-7-12(10)14-8-4-5-9(6-8)15(13)14;1-2-3-4-5-6-7-8-14-11-13-9-10-15(14)12-13;1-2-8-5-11-7-12(8)14-10-4-3-9(6-10)13(11)14;1-2-3-4-5-6-12-9-11-7-8-13(12)10-11;1-2-3-4-10-7-9-5-6-11(10)8-9;1-2-8-5-7-3-4-9(8)6-7/h3-6,10,12,14-15H,7-9H2,1-2H3;11-12,15-17H,2-10,13-14H2,1H3;1-2,4-5,8-15H,3,6-7H2;9-10,13-15H,2-8,11-12H2,1H3;2-4,9-14H,5-7H2,1H3;7-8,11-13H,2-6,9-10H2,1H3;5-6,9-11H,2-4,7-8H2,1H3;2-4,7,9H,5-6H2,1H3/b;;;;8-2+;;;8-2+. The van der Waals surface area contributed by atoms with Gasteiger partial charge in [-0.3, -0.25) is 4.79 Å². The second-order valence-electron chi connectivity index (χ2n) is 42.2. The maximum absolute atomic E-state index is 11.0. The number of hydrogen-bond donors (Lipinski definition) is 0. The monoisotopic (exact) mass is 1550 g/mol. The van der Waals surface area contributed by atoms with E-state index in [1.54, 1.807) is 24.7 Å². The molecule has 114 heavy (non-hydrogen) atoms. The predicted octanol–water partition coefficient (Wildman–Crippen LogP) is 30.8. The van der Waals surface area contributed by atoms with Crippen molar-refractivity contribution in [3.63, 3.8) is 0 Å². The minimum Gasteiger partial charge on any atom is -0.493 e. The highest BCUT2D eigenvalue weighted by Crippen LogP contribution is 2.71. The fraction of sp³-hybridized carbons (Fsp3) is 0.739. The predicted molar refractivity (Wildman–Crippen MR) is 483 cm³/mol. The average molecular weight is 1550 g/mol. The molecular weight excluding hydrogens is 1380 g/mol. The van der Waals surface area contributed by atoms with Crippen LogP contribution in [-0.2, 0) is 11.2 Å². The van der Waals surface area contributed by atoms with Gasteiger partial charge in [0.25, 0.3) is 0 Å². The number of allylic oxidation sites excluding steroid dienone is 22. The number of unbranched alkanes of at least 4 members (excludes halogenated alkanes) is 16. The maximum atomic E-state index is 11.0. The normalized spacial score (nSPS) is 41.1. The summed E-state index contributed by atoms with van der Waals surface area (Å²) in [5, 5.41) is 0. The highest BCUT2D eigenvalue weighted by molar-refractivity contribution is 5.70. The summed E-state index contributed by atoms with van der Waals surface area (Å²) in [6, 6.07) is 5.86. The lowest BCUT2D eigenvalue weighted by atomic mass is 9.66. The van der Waals surface area contributed by atoms with Gasteiger partial charge in [0.15, 0.2) is 11.5 Å². The lowest BCUT2D eigenvalue weighted by molar-refractivity contribution is -0.132. The summed E-state index contributed by atoms with van der Waals surface area (Å²) in [6.45, 7) is 15.0. The van der Waals surface area contributed by atoms with Crippen LogP contribution in [0.15, 0.2) is 151 Å². The van der Waals surface area contributed by atoms with Crippen molar-refractivity contribution in [2.45, 2.75) is 325 Å². The minimum absolute atomic E-state index is 0.325. The van der Waals surface area contributed by atoms with Crippen LogP contribution in [0, 0.1) is 183 Å². The first kappa shape index (κ1) is 84.6. The van der Waals surface area contributed by atoms with Gasteiger partial charge in [0.2, 0.25) is 0 Å².